The lowest BCUT2D eigenvalue weighted by atomic mass is 9.86. The molecule has 1 rings (SSSR count). The number of hydrogen-bond acceptors (Lipinski definition) is 1. The minimum atomic E-state index is 0.340. The van der Waals surface area contributed by atoms with Gasteiger partial charge in [0, 0.05) is 15.5 Å². The van der Waals surface area contributed by atoms with Crippen molar-refractivity contribution in [1.29, 1.82) is 0 Å². The van der Waals surface area contributed by atoms with Crippen LogP contribution in [0.15, 0.2) is 21.1 Å². The van der Waals surface area contributed by atoms with Gasteiger partial charge in [0.2, 0.25) is 0 Å². The predicted octanol–water partition coefficient (Wildman–Crippen LogP) is 5.09. The van der Waals surface area contributed by atoms with E-state index >= 15 is 0 Å². The molecule has 1 N–H and O–H groups in total. The molecule has 0 fully saturated rings. The summed E-state index contributed by atoms with van der Waals surface area (Å²) in [5.41, 5.74) is 3.00. The number of hydrogen-bond donors (Lipinski definition) is 1. The van der Waals surface area contributed by atoms with Crippen LogP contribution in [0.1, 0.15) is 38.3 Å². The van der Waals surface area contributed by atoms with Gasteiger partial charge < -0.3 is 5.32 Å². The second kappa shape index (κ2) is 7.06. The van der Waals surface area contributed by atoms with Crippen molar-refractivity contribution < 1.29 is 0 Å². The van der Waals surface area contributed by atoms with E-state index in [-0.39, 0.29) is 0 Å². The molecule has 0 unspecified atom stereocenters. The Labute approximate surface area is 128 Å². The van der Waals surface area contributed by atoms with Gasteiger partial charge in [0.05, 0.1) is 0 Å². The molecular formula is C15H23Br2N. The lowest BCUT2D eigenvalue weighted by molar-refractivity contribution is 0.317. The van der Waals surface area contributed by atoms with Crippen molar-refractivity contribution in [2.45, 2.75) is 40.5 Å². The Morgan fingerprint density at radius 3 is 2.44 bits per heavy atom. The zero-order valence-corrected chi connectivity index (χ0v) is 14.9. The SMILES string of the molecule is CCNCC(C)(C)CCc1cc(Br)c(C)cc1Br. The van der Waals surface area contributed by atoms with E-state index in [1.165, 1.54) is 26.5 Å². The summed E-state index contributed by atoms with van der Waals surface area (Å²) in [5, 5.41) is 3.44. The predicted molar refractivity (Wildman–Crippen MR) is 87.2 cm³/mol. The number of benzene rings is 1. The van der Waals surface area contributed by atoms with Gasteiger partial charge in [-0.15, -0.1) is 0 Å². The first-order valence-electron chi connectivity index (χ1n) is 6.51. The molecule has 0 bridgehead atoms. The van der Waals surface area contributed by atoms with Crippen molar-refractivity contribution >= 4 is 31.9 Å². The zero-order chi connectivity index (χ0) is 13.8. The largest absolute Gasteiger partial charge is 0.316 e. The smallest absolute Gasteiger partial charge is 0.0210 e. The van der Waals surface area contributed by atoms with Crippen molar-refractivity contribution in [3.63, 3.8) is 0 Å². The Morgan fingerprint density at radius 2 is 1.83 bits per heavy atom. The van der Waals surface area contributed by atoms with Gasteiger partial charge in [0.25, 0.3) is 0 Å². The van der Waals surface area contributed by atoms with Gasteiger partial charge in [0.1, 0.15) is 0 Å². The van der Waals surface area contributed by atoms with Crippen LogP contribution < -0.4 is 5.32 Å². The fraction of sp³-hybridized carbons (Fsp3) is 0.600. The Hall–Kier alpha value is 0.140. The van der Waals surface area contributed by atoms with E-state index in [0.717, 1.165) is 19.5 Å². The van der Waals surface area contributed by atoms with Crippen LogP contribution in [0.3, 0.4) is 0 Å². The maximum absolute atomic E-state index is 3.67. The first kappa shape index (κ1) is 16.2. The summed E-state index contributed by atoms with van der Waals surface area (Å²) in [6, 6.07) is 4.43. The Balaban J connectivity index is 2.66. The molecule has 1 nitrogen and oxygen atoms in total. The first-order chi connectivity index (χ1) is 8.35. The Bertz CT molecular complexity index is 400. The number of aryl methyl sites for hydroxylation is 2. The maximum Gasteiger partial charge on any atom is 0.0210 e. The number of nitrogens with one attached hydrogen (secondary N) is 1. The first-order valence-corrected chi connectivity index (χ1v) is 8.09. The van der Waals surface area contributed by atoms with Gasteiger partial charge >= 0.3 is 0 Å². The van der Waals surface area contributed by atoms with Crippen molar-refractivity contribution in [2.75, 3.05) is 13.1 Å². The van der Waals surface area contributed by atoms with Crippen LogP contribution in [0, 0.1) is 12.3 Å². The van der Waals surface area contributed by atoms with E-state index in [1.54, 1.807) is 0 Å². The monoisotopic (exact) mass is 375 g/mol. The van der Waals surface area contributed by atoms with Crippen LogP contribution in [0.5, 0.6) is 0 Å². The molecule has 3 heteroatoms. The number of halogens is 2. The van der Waals surface area contributed by atoms with Gasteiger partial charge in [-0.1, -0.05) is 52.6 Å². The minimum absolute atomic E-state index is 0.340. The molecule has 0 spiro atoms. The van der Waals surface area contributed by atoms with E-state index in [2.05, 4.69) is 77.0 Å². The van der Waals surface area contributed by atoms with Gasteiger partial charge in [0.15, 0.2) is 0 Å². The molecular weight excluding hydrogens is 354 g/mol. The molecule has 0 atom stereocenters. The highest BCUT2D eigenvalue weighted by atomic mass is 79.9. The average Bonchev–Trinajstić information content (AvgIpc) is 2.30. The topological polar surface area (TPSA) is 12.0 Å². The van der Waals surface area contributed by atoms with E-state index in [1.807, 2.05) is 0 Å². The van der Waals surface area contributed by atoms with Crippen LogP contribution in [0.25, 0.3) is 0 Å². The summed E-state index contributed by atoms with van der Waals surface area (Å²) in [5.74, 6) is 0. The van der Waals surface area contributed by atoms with Crippen LogP contribution in [0.2, 0.25) is 0 Å². The highest BCUT2D eigenvalue weighted by molar-refractivity contribution is 9.11. The van der Waals surface area contributed by atoms with Crippen LogP contribution in [-0.2, 0) is 6.42 Å². The van der Waals surface area contributed by atoms with Crippen molar-refractivity contribution in [3.05, 3.63) is 32.2 Å². The Kier molecular flexibility index (Phi) is 6.36. The summed E-state index contributed by atoms with van der Waals surface area (Å²) in [7, 11) is 0. The third-order valence-corrected chi connectivity index (χ3v) is 4.84. The highest BCUT2D eigenvalue weighted by Gasteiger charge is 2.17. The second-order valence-electron chi connectivity index (χ2n) is 5.64. The molecule has 0 saturated carbocycles. The Morgan fingerprint density at radius 1 is 1.17 bits per heavy atom. The normalized spacial score (nSPS) is 11.9. The molecule has 0 saturated heterocycles. The third-order valence-electron chi connectivity index (χ3n) is 3.25. The summed E-state index contributed by atoms with van der Waals surface area (Å²) >= 11 is 7.27. The molecule has 0 aromatic heterocycles. The molecule has 18 heavy (non-hydrogen) atoms. The highest BCUT2D eigenvalue weighted by Crippen LogP contribution is 2.29. The standard InChI is InChI=1S/C15H23Br2N/c1-5-18-10-15(3,4)7-6-12-9-13(16)11(2)8-14(12)17/h8-9,18H,5-7,10H2,1-4H3. The molecule has 0 amide bonds. The van der Waals surface area contributed by atoms with Gasteiger partial charge in [-0.2, -0.15) is 0 Å². The molecule has 0 aliphatic rings. The molecule has 1 aromatic carbocycles. The fourth-order valence-electron chi connectivity index (χ4n) is 1.90. The van der Waals surface area contributed by atoms with Gasteiger partial charge in [-0.25, -0.2) is 0 Å². The summed E-state index contributed by atoms with van der Waals surface area (Å²) in [6.07, 6.45) is 2.30. The molecule has 1 aromatic rings. The summed E-state index contributed by atoms with van der Waals surface area (Å²) < 4.78 is 2.42. The molecule has 0 aliphatic heterocycles. The van der Waals surface area contributed by atoms with Crippen LogP contribution in [-0.4, -0.2) is 13.1 Å². The van der Waals surface area contributed by atoms with E-state index < -0.39 is 0 Å². The van der Waals surface area contributed by atoms with Crippen LogP contribution >= 0.6 is 31.9 Å². The van der Waals surface area contributed by atoms with Crippen molar-refractivity contribution in [2.24, 2.45) is 5.41 Å². The van der Waals surface area contributed by atoms with Gasteiger partial charge in [-0.05, 0) is 55.0 Å². The van der Waals surface area contributed by atoms with E-state index in [0.29, 0.717) is 5.41 Å². The minimum Gasteiger partial charge on any atom is -0.316 e. The van der Waals surface area contributed by atoms with Crippen LogP contribution in [0.4, 0.5) is 0 Å². The van der Waals surface area contributed by atoms with E-state index in [9.17, 15) is 0 Å². The fourth-order valence-corrected chi connectivity index (χ4v) is 2.95. The molecule has 0 heterocycles. The molecule has 102 valence electrons. The zero-order valence-electron chi connectivity index (χ0n) is 11.7. The van der Waals surface area contributed by atoms with Crippen molar-refractivity contribution in [1.82, 2.24) is 5.32 Å². The lowest BCUT2D eigenvalue weighted by Crippen LogP contribution is -2.29. The summed E-state index contributed by atoms with van der Waals surface area (Å²) in [4.78, 5) is 0. The van der Waals surface area contributed by atoms with E-state index in [4.69, 9.17) is 0 Å². The second-order valence-corrected chi connectivity index (χ2v) is 7.35. The third kappa shape index (κ3) is 5.02. The lowest BCUT2D eigenvalue weighted by Gasteiger charge is -2.25. The molecule has 0 radical (unpaired) electrons. The number of rotatable bonds is 6. The maximum atomic E-state index is 3.67. The quantitative estimate of drug-likeness (QED) is 0.729. The average molecular weight is 377 g/mol. The van der Waals surface area contributed by atoms with Gasteiger partial charge in [-0.3, -0.25) is 0 Å². The van der Waals surface area contributed by atoms with Crippen molar-refractivity contribution in [3.8, 4) is 0 Å². The summed E-state index contributed by atoms with van der Waals surface area (Å²) in [6.45, 7) is 11.1. The molecule has 0 aliphatic carbocycles.